The van der Waals surface area contributed by atoms with Crippen LogP contribution >= 0.6 is 0 Å². The van der Waals surface area contributed by atoms with Crippen molar-refractivity contribution < 1.29 is 29.3 Å². The van der Waals surface area contributed by atoms with Crippen LogP contribution in [0.4, 0.5) is 0 Å². The number of carbonyl (C=O) groups excluding carboxylic acids is 2. The van der Waals surface area contributed by atoms with Crippen LogP contribution in [0, 0.1) is 5.92 Å². The van der Waals surface area contributed by atoms with Crippen LogP contribution in [0.25, 0.3) is 0 Å². The molecule has 2 aromatic rings. The molecule has 0 aromatic heterocycles. The van der Waals surface area contributed by atoms with Crippen LogP contribution in [0.15, 0.2) is 59.6 Å². The van der Waals surface area contributed by atoms with Crippen molar-refractivity contribution in [3.8, 4) is 5.75 Å². The number of fused-ring (bicyclic) bond motifs is 3. The van der Waals surface area contributed by atoms with E-state index in [1.807, 2.05) is 18.2 Å². The number of Topliss-reactive ketones (excluding diaryl/α,β-unsaturated/α-hetero) is 1. The summed E-state index contributed by atoms with van der Waals surface area (Å²) < 4.78 is 10.7. The lowest BCUT2D eigenvalue weighted by atomic mass is 9.79. The summed E-state index contributed by atoms with van der Waals surface area (Å²) in [6.07, 6.45) is 0. The molecule has 1 aliphatic carbocycles. The molecule has 7 heteroatoms. The van der Waals surface area contributed by atoms with Gasteiger partial charge in [0.05, 0.1) is 0 Å². The van der Waals surface area contributed by atoms with Crippen LogP contribution in [-0.4, -0.2) is 46.5 Å². The van der Waals surface area contributed by atoms with Gasteiger partial charge in [0.1, 0.15) is 24.9 Å². The first kappa shape index (κ1) is 18.3. The molecule has 144 valence electrons. The fraction of sp³-hybridized carbons (Fsp3) is 0.286. The lowest BCUT2D eigenvalue weighted by Crippen LogP contribution is -2.56. The highest BCUT2D eigenvalue weighted by Gasteiger charge is 2.72. The first-order chi connectivity index (χ1) is 13.4. The first-order valence-corrected chi connectivity index (χ1v) is 8.89. The first-order valence-electron chi connectivity index (χ1n) is 8.89. The Morgan fingerprint density at radius 3 is 2.50 bits per heavy atom. The summed E-state index contributed by atoms with van der Waals surface area (Å²) in [6.45, 7) is 1.51. The minimum absolute atomic E-state index is 0.0762. The van der Waals surface area contributed by atoms with E-state index in [0.717, 1.165) is 0 Å². The second-order valence-electron chi connectivity index (χ2n) is 6.83. The van der Waals surface area contributed by atoms with E-state index in [4.69, 9.17) is 9.47 Å². The third kappa shape index (κ3) is 2.47. The summed E-state index contributed by atoms with van der Waals surface area (Å²) in [6, 6.07) is 15.3. The Hall–Kier alpha value is -3.03. The number of para-hydroxylation sites is 1. The quantitative estimate of drug-likeness (QED) is 0.600. The van der Waals surface area contributed by atoms with Gasteiger partial charge in [0, 0.05) is 16.8 Å². The van der Waals surface area contributed by atoms with Crippen molar-refractivity contribution in [3.05, 3.63) is 65.7 Å². The van der Waals surface area contributed by atoms with Gasteiger partial charge in [-0.3, -0.25) is 14.6 Å². The van der Waals surface area contributed by atoms with Crippen molar-refractivity contribution in [2.45, 2.75) is 18.2 Å². The maximum atomic E-state index is 12.9. The standard InChI is InChI=1S/C21H19NO6/c1-13-17(19(24)28-12-11-27-14-7-3-2-4-8-14)20(25)18(23)15-9-5-6-10-16(15)21(20,26)22-13/h2-10,17,25-26H,11-12H2,1H3/t17?,20-,21-/m1/s1. The molecule has 4 rings (SSSR count). The number of rotatable bonds is 5. The molecule has 0 saturated heterocycles. The van der Waals surface area contributed by atoms with Gasteiger partial charge in [-0.15, -0.1) is 0 Å². The number of esters is 1. The average molecular weight is 381 g/mol. The molecule has 0 amide bonds. The maximum absolute atomic E-state index is 12.9. The third-order valence-corrected chi connectivity index (χ3v) is 5.17. The summed E-state index contributed by atoms with van der Waals surface area (Å²) >= 11 is 0. The zero-order valence-electron chi connectivity index (χ0n) is 15.2. The largest absolute Gasteiger partial charge is 0.490 e. The SMILES string of the molecule is CC1=N[C@@]2(O)c3ccccc3C(=O)[C@]2(O)C1C(=O)OCCOc1ccccc1. The fourth-order valence-corrected chi connectivity index (χ4v) is 3.90. The monoisotopic (exact) mass is 381 g/mol. The zero-order valence-corrected chi connectivity index (χ0v) is 15.2. The number of benzene rings is 2. The van der Waals surface area contributed by atoms with E-state index >= 15 is 0 Å². The second kappa shape index (κ2) is 6.54. The highest BCUT2D eigenvalue weighted by Crippen LogP contribution is 2.53. The minimum Gasteiger partial charge on any atom is -0.490 e. The van der Waals surface area contributed by atoms with Crippen molar-refractivity contribution in [1.82, 2.24) is 0 Å². The number of ether oxygens (including phenoxy) is 2. The summed E-state index contributed by atoms with van der Waals surface area (Å²) in [5.41, 5.74) is -4.15. The van der Waals surface area contributed by atoms with Crippen LogP contribution in [-0.2, 0) is 15.3 Å². The Labute approximate surface area is 161 Å². The summed E-state index contributed by atoms with van der Waals surface area (Å²) in [7, 11) is 0. The van der Waals surface area contributed by atoms with Crippen LogP contribution in [0.5, 0.6) is 5.75 Å². The third-order valence-electron chi connectivity index (χ3n) is 5.17. The molecule has 2 N–H and O–H groups in total. The lowest BCUT2D eigenvalue weighted by Gasteiger charge is -2.31. The molecule has 7 nitrogen and oxygen atoms in total. The van der Waals surface area contributed by atoms with E-state index < -0.39 is 29.0 Å². The number of nitrogens with zero attached hydrogens (tertiary/aromatic N) is 1. The lowest BCUT2D eigenvalue weighted by molar-refractivity contribution is -0.165. The van der Waals surface area contributed by atoms with Crippen LogP contribution < -0.4 is 4.74 Å². The highest BCUT2D eigenvalue weighted by molar-refractivity contribution is 6.18. The van der Waals surface area contributed by atoms with E-state index in [1.54, 1.807) is 24.3 Å². The van der Waals surface area contributed by atoms with Gasteiger partial charge >= 0.3 is 5.97 Å². The molecule has 1 unspecified atom stereocenters. The Morgan fingerprint density at radius 1 is 1.07 bits per heavy atom. The van der Waals surface area contributed by atoms with Crippen molar-refractivity contribution in [3.63, 3.8) is 0 Å². The number of carbonyl (C=O) groups is 2. The molecule has 0 saturated carbocycles. The number of aliphatic hydroxyl groups is 2. The number of hydrogen-bond donors (Lipinski definition) is 2. The van der Waals surface area contributed by atoms with Gasteiger partial charge in [0.15, 0.2) is 5.60 Å². The number of aliphatic imine (C=N–C) groups is 1. The van der Waals surface area contributed by atoms with Crippen LogP contribution in [0.2, 0.25) is 0 Å². The van der Waals surface area contributed by atoms with E-state index in [2.05, 4.69) is 4.99 Å². The van der Waals surface area contributed by atoms with Gasteiger partial charge in [0.25, 0.3) is 0 Å². The Balaban J connectivity index is 1.50. The molecular formula is C21H19NO6. The molecule has 1 aliphatic heterocycles. The molecule has 0 radical (unpaired) electrons. The van der Waals surface area contributed by atoms with E-state index in [1.165, 1.54) is 19.1 Å². The van der Waals surface area contributed by atoms with Crippen LogP contribution in [0.1, 0.15) is 22.8 Å². The average Bonchev–Trinajstić information content (AvgIpc) is 3.01. The molecule has 0 spiro atoms. The van der Waals surface area contributed by atoms with E-state index in [-0.39, 0.29) is 30.1 Å². The second-order valence-corrected chi connectivity index (χ2v) is 6.83. The highest BCUT2D eigenvalue weighted by atomic mass is 16.6. The molecule has 28 heavy (non-hydrogen) atoms. The predicted octanol–water partition coefficient (Wildman–Crippen LogP) is 1.47. The minimum atomic E-state index is -2.42. The maximum Gasteiger partial charge on any atom is 0.318 e. The number of ketones is 1. The van der Waals surface area contributed by atoms with Gasteiger partial charge in [-0.25, -0.2) is 0 Å². The van der Waals surface area contributed by atoms with Gasteiger partial charge in [0.2, 0.25) is 11.5 Å². The van der Waals surface area contributed by atoms with Crippen LogP contribution in [0.3, 0.4) is 0 Å². The van der Waals surface area contributed by atoms with Crippen molar-refractivity contribution in [1.29, 1.82) is 0 Å². The molecule has 3 atom stereocenters. The molecule has 2 aliphatic rings. The summed E-state index contributed by atoms with van der Waals surface area (Å²) in [5, 5.41) is 22.2. The summed E-state index contributed by atoms with van der Waals surface area (Å²) in [5.74, 6) is -2.34. The van der Waals surface area contributed by atoms with E-state index in [0.29, 0.717) is 5.75 Å². The van der Waals surface area contributed by atoms with Gasteiger partial charge in [-0.1, -0.05) is 42.5 Å². The van der Waals surface area contributed by atoms with Crippen molar-refractivity contribution in [2.24, 2.45) is 10.9 Å². The Kier molecular flexibility index (Phi) is 4.28. The molecule has 2 aromatic carbocycles. The van der Waals surface area contributed by atoms with Crippen molar-refractivity contribution in [2.75, 3.05) is 13.2 Å². The Morgan fingerprint density at radius 2 is 1.75 bits per heavy atom. The Bertz CT molecular complexity index is 972. The topological polar surface area (TPSA) is 105 Å². The molecule has 0 bridgehead atoms. The molecular weight excluding hydrogens is 362 g/mol. The molecule has 0 fully saturated rings. The van der Waals surface area contributed by atoms with E-state index in [9.17, 15) is 19.8 Å². The smallest absolute Gasteiger partial charge is 0.318 e. The number of hydrogen-bond acceptors (Lipinski definition) is 7. The normalized spacial score (nSPS) is 27.8. The predicted molar refractivity (Wildman–Crippen MR) is 99.1 cm³/mol. The van der Waals surface area contributed by atoms with Crippen molar-refractivity contribution >= 4 is 17.5 Å². The van der Waals surface area contributed by atoms with Gasteiger partial charge < -0.3 is 19.7 Å². The van der Waals surface area contributed by atoms with Gasteiger partial charge in [-0.05, 0) is 19.1 Å². The summed E-state index contributed by atoms with van der Waals surface area (Å²) in [4.78, 5) is 29.6. The van der Waals surface area contributed by atoms with Gasteiger partial charge in [-0.2, -0.15) is 0 Å². The zero-order chi connectivity index (χ0) is 19.9. The molecule has 1 heterocycles. The fourth-order valence-electron chi connectivity index (χ4n) is 3.90.